The zero-order chi connectivity index (χ0) is 15.3. The van der Waals surface area contributed by atoms with Crippen LogP contribution in [0.2, 0.25) is 0 Å². The average Bonchev–Trinajstić information content (AvgIpc) is 2.50. The summed E-state index contributed by atoms with van der Waals surface area (Å²) in [5.74, 6) is -0.209. The van der Waals surface area contributed by atoms with Crippen LogP contribution in [0.25, 0.3) is 0 Å². The summed E-state index contributed by atoms with van der Waals surface area (Å²) in [5, 5.41) is 3.60. The highest BCUT2D eigenvalue weighted by Crippen LogP contribution is 2.19. The van der Waals surface area contributed by atoms with Crippen LogP contribution in [0.1, 0.15) is 31.0 Å². The van der Waals surface area contributed by atoms with Crippen molar-refractivity contribution in [2.24, 2.45) is 5.73 Å². The van der Waals surface area contributed by atoms with Crippen molar-refractivity contribution in [3.05, 3.63) is 71.5 Å². The van der Waals surface area contributed by atoms with Crippen LogP contribution in [0.4, 0.5) is 4.39 Å². The molecule has 112 valence electrons. The Labute approximate surface area is 126 Å². The van der Waals surface area contributed by atoms with E-state index in [0.717, 1.165) is 12.0 Å². The largest absolute Gasteiger partial charge is 0.329 e. The van der Waals surface area contributed by atoms with E-state index in [2.05, 4.69) is 31.3 Å². The van der Waals surface area contributed by atoms with Crippen LogP contribution in [-0.2, 0) is 6.42 Å². The molecule has 0 fully saturated rings. The fourth-order valence-electron chi connectivity index (χ4n) is 2.58. The van der Waals surface area contributed by atoms with E-state index in [1.165, 1.54) is 17.7 Å². The Morgan fingerprint density at radius 2 is 1.71 bits per heavy atom. The highest BCUT2D eigenvalue weighted by Gasteiger charge is 2.25. The molecule has 0 saturated heterocycles. The maximum Gasteiger partial charge on any atom is 0.123 e. The summed E-state index contributed by atoms with van der Waals surface area (Å²) in [5.41, 5.74) is 8.06. The van der Waals surface area contributed by atoms with E-state index in [-0.39, 0.29) is 17.4 Å². The quantitative estimate of drug-likeness (QED) is 0.853. The van der Waals surface area contributed by atoms with Crippen molar-refractivity contribution in [2.45, 2.75) is 31.8 Å². The number of hydrogen-bond donors (Lipinski definition) is 2. The predicted octanol–water partition coefficient (Wildman–Crippen LogP) is 3.44. The summed E-state index contributed by atoms with van der Waals surface area (Å²) in [7, 11) is 0. The molecule has 0 aliphatic rings. The topological polar surface area (TPSA) is 38.0 Å². The number of nitrogens with two attached hydrogens (primary N) is 1. The highest BCUT2D eigenvalue weighted by molar-refractivity contribution is 5.21. The molecule has 0 aliphatic carbocycles. The summed E-state index contributed by atoms with van der Waals surface area (Å²) in [6.45, 7) is 4.76. The Kier molecular flexibility index (Phi) is 5.10. The van der Waals surface area contributed by atoms with Gasteiger partial charge >= 0.3 is 0 Å². The smallest absolute Gasteiger partial charge is 0.123 e. The fraction of sp³-hybridized carbons (Fsp3) is 0.333. The van der Waals surface area contributed by atoms with Crippen molar-refractivity contribution >= 4 is 0 Å². The first-order valence-electron chi connectivity index (χ1n) is 7.29. The summed E-state index contributed by atoms with van der Waals surface area (Å²) in [4.78, 5) is 0. The van der Waals surface area contributed by atoms with Gasteiger partial charge in [0.05, 0.1) is 0 Å². The van der Waals surface area contributed by atoms with E-state index < -0.39 is 0 Å². The molecule has 21 heavy (non-hydrogen) atoms. The Balaban J connectivity index is 2.08. The SMILES string of the molecule is CC(NC(C)(CN)Cc1ccc(F)cc1)c1ccccc1. The normalized spacial score (nSPS) is 15.4. The molecule has 0 aliphatic heterocycles. The average molecular weight is 286 g/mol. The van der Waals surface area contributed by atoms with Crippen molar-refractivity contribution in [2.75, 3.05) is 6.54 Å². The first-order chi connectivity index (χ1) is 10.0. The predicted molar refractivity (Wildman–Crippen MR) is 85.6 cm³/mol. The lowest BCUT2D eigenvalue weighted by atomic mass is 9.91. The molecule has 0 radical (unpaired) electrons. The van der Waals surface area contributed by atoms with Crippen LogP contribution in [0.15, 0.2) is 54.6 Å². The van der Waals surface area contributed by atoms with Gasteiger partial charge in [0.25, 0.3) is 0 Å². The van der Waals surface area contributed by atoms with Gasteiger partial charge in [0.2, 0.25) is 0 Å². The third-order valence-corrected chi connectivity index (χ3v) is 3.82. The second kappa shape index (κ2) is 6.83. The fourth-order valence-corrected chi connectivity index (χ4v) is 2.58. The molecule has 0 aromatic heterocycles. The number of halogens is 1. The van der Waals surface area contributed by atoms with E-state index in [1.54, 1.807) is 0 Å². The summed E-state index contributed by atoms with van der Waals surface area (Å²) >= 11 is 0. The third-order valence-electron chi connectivity index (χ3n) is 3.82. The molecule has 0 amide bonds. The van der Waals surface area contributed by atoms with Crippen LogP contribution in [0.5, 0.6) is 0 Å². The Hall–Kier alpha value is -1.71. The molecule has 2 aromatic rings. The molecule has 2 unspecified atom stereocenters. The van der Waals surface area contributed by atoms with Gasteiger partial charge in [-0.05, 0) is 43.5 Å². The molecule has 2 nitrogen and oxygen atoms in total. The van der Waals surface area contributed by atoms with Gasteiger partial charge in [-0.1, -0.05) is 42.5 Å². The van der Waals surface area contributed by atoms with Crippen molar-refractivity contribution < 1.29 is 4.39 Å². The maximum absolute atomic E-state index is 13.0. The molecule has 0 heterocycles. The Morgan fingerprint density at radius 3 is 2.29 bits per heavy atom. The lowest BCUT2D eigenvalue weighted by molar-refractivity contribution is 0.325. The van der Waals surface area contributed by atoms with Gasteiger partial charge in [-0.25, -0.2) is 4.39 Å². The number of nitrogens with one attached hydrogen (secondary N) is 1. The van der Waals surface area contributed by atoms with Crippen LogP contribution in [0.3, 0.4) is 0 Å². The number of hydrogen-bond acceptors (Lipinski definition) is 2. The first kappa shape index (κ1) is 15.7. The first-order valence-corrected chi connectivity index (χ1v) is 7.29. The molecule has 2 aromatic carbocycles. The lowest BCUT2D eigenvalue weighted by Crippen LogP contribution is -2.51. The van der Waals surface area contributed by atoms with E-state index in [9.17, 15) is 4.39 Å². The zero-order valence-corrected chi connectivity index (χ0v) is 12.6. The molecule has 0 saturated carbocycles. The van der Waals surface area contributed by atoms with Gasteiger partial charge in [0, 0.05) is 18.1 Å². The van der Waals surface area contributed by atoms with E-state index in [1.807, 2.05) is 30.3 Å². The third kappa shape index (κ3) is 4.38. The minimum absolute atomic E-state index is 0.209. The Bertz CT molecular complexity index is 553. The molecule has 0 bridgehead atoms. The van der Waals surface area contributed by atoms with Gasteiger partial charge in [0.15, 0.2) is 0 Å². The minimum atomic E-state index is -0.229. The van der Waals surface area contributed by atoms with Gasteiger partial charge < -0.3 is 11.1 Å². The summed E-state index contributed by atoms with van der Waals surface area (Å²) in [6, 6.07) is 17.1. The summed E-state index contributed by atoms with van der Waals surface area (Å²) < 4.78 is 13.0. The second-order valence-corrected chi connectivity index (χ2v) is 5.84. The molecule has 2 rings (SSSR count). The van der Waals surface area contributed by atoms with Gasteiger partial charge in [-0.2, -0.15) is 0 Å². The molecule has 3 N–H and O–H groups in total. The van der Waals surface area contributed by atoms with E-state index in [0.29, 0.717) is 6.54 Å². The molecule has 2 atom stereocenters. The molecular formula is C18H23FN2. The van der Waals surface area contributed by atoms with Crippen LogP contribution in [-0.4, -0.2) is 12.1 Å². The van der Waals surface area contributed by atoms with Crippen molar-refractivity contribution in [1.29, 1.82) is 0 Å². The van der Waals surface area contributed by atoms with Crippen molar-refractivity contribution in [3.63, 3.8) is 0 Å². The highest BCUT2D eigenvalue weighted by atomic mass is 19.1. The van der Waals surface area contributed by atoms with Crippen LogP contribution < -0.4 is 11.1 Å². The standard InChI is InChI=1S/C18H23FN2/c1-14(16-6-4-3-5-7-16)21-18(2,13-20)12-15-8-10-17(19)11-9-15/h3-11,14,21H,12-13,20H2,1-2H3. The minimum Gasteiger partial charge on any atom is -0.329 e. The van der Waals surface area contributed by atoms with Gasteiger partial charge in [0.1, 0.15) is 5.82 Å². The maximum atomic E-state index is 13.0. The lowest BCUT2D eigenvalue weighted by Gasteiger charge is -2.33. The molecular weight excluding hydrogens is 263 g/mol. The molecule has 3 heteroatoms. The van der Waals surface area contributed by atoms with E-state index in [4.69, 9.17) is 5.73 Å². The van der Waals surface area contributed by atoms with Crippen LogP contribution in [0, 0.1) is 5.82 Å². The van der Waals surface area contributed by atoms with Gasteiger partial charge in [-0.3, -0.25) is 0 Å². The zero-order valence-electron chi connectivity index (χ0n) is 12.6. The van der Waals surface area contributed by atoms with Crippen LogP contribution >= 0.6 is 0 Å². The number of rotatable bonds is 6. The number of benzene rings is 2. The monoisotopic (exact) mass is 286 g/mol. The Morgan fingerprint density at radius 1 is 1.10 bits per heavy atom. The van der Waals surface area contributed by atoms with Crippen molar-refractivity contribution in [1.82, 2.24) is 5.32 Å². The van der Waals surface area contributed by atoms with E-state index >= 15 is 0 Å². The summed E-state index contributed by atoms with van der Waals surface area (Å²) in [6.07, 6.45) is 0.765. The van der Waals surface area contributed by atoms with Crippen molar-refractivity contribution in [3.8, 4) is 0 Å². The van der Waals surface area contributed by atoms with Gasteiger partial charge in [-0.15, -0.1) is 0 Å². The molecule has 0 spiro atoms. The second-order valence-electron chi connectivity index (χ2n) is 5.84.